The fraction of sp³-hybridized carbons (Fsp3) is 0.0693. The molecule has 15 heteroatoms. The van der Waals surface area contributed by atoms with Crippen molar-refractivity contribution in [3.8, 4) is 137 Å². The number of fused-ring (bicyclic) bond motifs is 20. The van der Waals surface area contributed by atoms with Gasteiger partial charge in [0.05, 0.1) is 55.5 Å². The third kappa shape index (κ3) is 16.5. The van der Waals surface area contributed by atoms with E-state index < -0.39 is 0 Å². The molecule has 4 heterocycles. The molecule has 13 aromatic carbocycles. The first-order chi connectivity index (χ1) is 56.5. The Morgan fingerprint density at radius 3 is 0.612 bits per heavy atom. The molecule has 0 bridgehead atoms. The number of nitrogens with zero attached hydrogens (tertiary/aromatic N) is 15. The summed E-state index contributed by atoms with van der Waals surface area (Å²) in [5.74, 6) is 25.4. The van der Waals surface area contributed by atoms with Gasteiger partial charge in [0.2, 0.25) is 0 Å². The van der Waals surface area contributed by atoms with E-state index in [1.54, 1.807) is 0 Å². The van der Waals surface area contributed by atoms with E-state index >= 15 is 0 Å². The van der Waals surface area contributed by atoms with Crippen LogP contribution in [0.25, 0.3) is 101 Å². The van der Waals surface area contributed by atoms with Gasteiger partial charge in [-0.1, -0.05) is 385 Å². The van der Waals surface area contributed by atoms with E-state index in [9.17, 15) is 0 Å². The molecule has 0 fully saturated rings. The molecular weight excluding hydrogens is 1420 g/mol. The highest BCUT2D eigenvalue weighted by Gasteiger charge is 2.32. The van der Waals surface area contributed by atoms with Crippen molar-refractivity contribution < 1.29 is 0 Å². The van der Waals surface area contributed by atoms with E-state index in [1.165, 1.54) is 22.3 Å². The van der Waals surface area contributed by atoms with Gasteiger partial charge in [-0.15, -0.1) is 20.4 Å². The predicted molar refractivity (Wildman–Crippen MR) is 462 cm³/mol. The average Bonchev–Trinajstić information content (AvgIpc) is 1.55. The van der Waals surface area contributed by atoms with Crippen molar-refractivity contribution in [3.05, 3.63) is 429 Å². The largest absolute Gasteiger partial charge is 0.240 e. The monoisotopic (exact) mass is 1500 g/mol. The first kappa shape index (κ1) is 75.4. The van der Waals surface area contributed by atoms with Gasteiger partial charge in [0, 0.05) is 93.9 Å². The quantitative estimate of drug-likeness (QED) is 0.0563. The smallest absolute Gasteiger partial charge is 0.121 e. The van der Waals surface area contributed by atoms with Crippen LogP contribution in [0.15, 0.2) is 351 Å². The van der Waals surface area contributed by atoms with Gasteiger partial charge in [-0.3, -0.25) is 0 Å². The van der Waals surface area contributed by atoms with Gasteiger partial charge < -0.3 is 0 Å². The Balaban J connectivity index is 0.000000122. The third-order valence-electron chi connectivity index (χ3n) is 19.6. The normalized spacial score (nSPS) is 10.8. The van der Waals surface area contributed by atoms with Crippen molar-refractivity contribution in [1.29, 1.82) is 0 Å². The summed E-state index contributed by atoms with van der Waals surface area (Å²) in [4.78, 5) is 2.66. The standard InChI is InChI=1S/2C30H22N6.2C16H8.C7H7N3.2CH4/c1-3-11-21(12-4-1)19-35-29-25-17-9-7-15-23(25)28-30(26-18-10-8-16-24(26)27(29)31-33-35)36(34-32-28)20-22-13-5-2-6-14-22;1-3-11-21(12-4-1)19-35-29-25-17-9-10-18-26(25)30-28(24-16-8-7-15-23(24)27(29)31-33-35)32-34-36(30)20-22-13-5-2-6-14-22;2*1-2-6-14-11-12-16-8-4-3-7-15(16)10-9-13(14)5-1;8-10-9-6-7-4-2-1-3-5-7;;/h2*1-18H,19-20H2;2*1-8H;1-5H,6H2;2*1H4. The molecule has 0 spiro atoms. The van der Waals surface area contributed by atoms with Crippen LogP contribution in [-0.2, 0) is 32.7 Å². The number of azide groups is 1. The molecule has 0 saturated heterocycles. The zero-order chi connectivity index (χ0) is 76.6. The molecule has 4 aliphatic rings. The van der Waals surface area contributed by atoms with Crippen LogP contribution >= 0.6 is 0 Å². The fourth-order valence-electron chi connectivity index (χ4n) is 14.1. The van der Waals surface area contributed by atoms with Gasteiger partial charge >= 0.3 is 0 Å². The molecule has 0 aliphatic heterocycles. The van der Waals surface area contributed by atoms with Gasteiger partial charge in [-0.25, -0.2) is 18.7 Å². The van der Waals surface area contributed by atoms with Crippen molar-refractivity contribution in [2.24, 2.45) is 5.11 Å². The van der Waals surface area contributed by atoms with Gasteiger partial charge in [0.25, 0.3) is 0 Å². The van der Waals surface area contributed by atoms with E-state index in [4.69, 9.17) is 25.9 Å². The van der Waals surface area contributed by atoms with E-state index in [0.717, 1.165) is 140 Å². The molecular formula is C101H75N15. The molecule has 0 amide bonds. The maximum Gasteiger partial charge on any atom is 0.121 e. The third-order valence-corrected chi connectivity index (χ3v) is 19.6. The molecule has 0 saturated carbocycles. The van der Waals surface area contributed by atoms with Gasteiger partial charge in [-0.2, -0.15) is 0 Å². The molecule has 4 aromatic heterocycles. The van der Waals surface area contributed by atoms with Crippen molar-refractivity contribution in [1.82, 2.24) is 60.0 Å². The van der Waals surface area contributed by atoms with Crippen LogP contribution in [0, 0.1) is 47.4 Å². The number of benzene rings is 13. The first-order valence-corrected chi connectivity index (χ1v) is 37.3. The number of hydrogen-bond acceptors (Lipinski definition) is 9. The van der Waals surface area contributed by atoms with Gasteiger partial charge in [0.1, 0.15) is 22.8 Å². The Kier molecular flexibility index (Phi) is 23.2. The number of aromatic nitrogens is 12. The average molecular weight is 1500 g/mol. The van der Waals surface area contributed by atoms with Crippen molar-refractivity contribution in [2.45, 2.75) is 47.6 Å². The Labute approximate surface area is 674 Å². The molecule has 4 aliphatic carbocycles. The lowest BCUT2D eigenvalue weighted by Gasteiger charge is -2.19. The lowest BCUT2D eigenvalue weighted by molar-refractivity contribution is 0.653. The molecule has 0 N–H and O–H groups in total. The van der Waals surface area contributed by atoms with Gasteiger partial charge in [-0.05, 0) is 81.9 Å². The summed E-state index contributed by atoms with van der Waals surface area (Å²) < 4.78 is 8.02. The molecule has 17 aromatic rings. The molecule has 0 unspecified atom stereocenters. The Hall–Kier alpha value is -16.0. The minimum atomic E-state index is 0. The second-order valence-corrected chi connectivity index (χ2v) is 27.0. The summed E-state index contributed by atoms with van der Waals surface area (Å²) in [5.41, 5.74) is 37.5. The Morgan fingerprint density at radius 1 is 0.224 bits per heavy atom. The van der Waals surface area contributed by atoms with Crippen molar-refractivity contribution >= 4 is 0 Å². The van der Waals surface area contributed by atoms with E-state index in [2.05, 4.69) is 260 Å². The van der Waals surface area contributed by atoms with Crippen LogP contribution < -0.4 is 0 Å². The van der Waals surface area contributed by atoms with Crippen LogP contribution in [0.3, 0.4) is 0 Å². The highest BCUT2D eigenvalue weighted by Crippen LogP contribution is 2.48. The minimum Gasteiger partial charge on any atom is -0.240 e. The summed E-state index contributed by atoms with van der Waals surface area (Å²) in [6, 6.07) is 117. The second-order valence-electron chi connectivity index (χ2n) is 27.0. The summed E-state index contributed by atoms with van der Waals surface area (Å²) in [6.45, 7) is 2.97. The number of hydrogen-bond donors (Lipinski definition) is 0. The summed E-state index contributed by atoms with van der Waals surface area (Å²) in [5, 5.41) is 40.8. The molecule has 21 rings (SSSR count). The summed E-state index contributed by atoms with van der Waals surface area (Å²) in [7, 11) is 0. The highest BCUT2D eigenvalue weighted by atomic mass is 15.5. The predicted octanol–water partition coefficient (Wildman–Crippen LogP) is 21.3. The summed E-state index contributed by atoms with van der Waals surface area (Å²) >= 11 is 0. The Bertz CT molecular complexity index is 6080. The van der Waals surface area contributed by atoms with Crippen LogP contribution in [0.2, 0.25) is 0 Å². The topological polar surface area (TPSA) is 172 Å². The number of rotatable bonds is 10. The lowest BCUT2D eigenvalue weighted by Crippen LogP contribution is -2.08. The Morgan fingerprint density at radius 2 is 0.397 bits per heavy atom. The van der Waals surface area contributed by atoms with Crippen LogP contribution in [0.4, 0.5) is 0 Å². The van der Waals surface area contributed by atoms with E-state index in [-0.39, 0.29) is 14.9 Å². The van der Waals surface area contributed by atoms with Crippen LogP contribution in [-0.4, -0.2) is 60.0 Å². The molecule has 0 atom stereocenters. The molecule has 554 valence electrons. The fourth-order valence-corrected chi connectivity index (χ4v) is 14.1. The highest BCUT2D eigenvalue weighted by molar-refractivity contribution is 6.00. The van der Waals surface area contributed by atoms with Gasteiger partial charge in [0.15, 0.2) is 0 Å². The molecule has 15 nitrogen and oxygen atoms in total. The molecule has 116 heavy (non-hydrogen) atoms. The van der Waals surface area contributed by atoms with Crippen LogP contribution in [0.1, 0.15) is 87.2 Å². The van der Waals surface area contributed by atoms with E-state index in [1.807, 2.05) is 183 Å². The van der Waals surface area contributed by atoms with E-state index in [0.29, 0.717) is 32.7 Å². The minimum absolute atomic E-state index is 0. The lowest BCUT2D eigenvalue weighted by atomic mass is 9.89. The van der Waals surface area contributed by atoms with Crippen molar-refractivity contribution in [3.63, 3.8) is 0 Å². The second kappa shape index (κ2) is 35.8. The maximum absolute atomic E-state index is 7.99. The van der Waals surface area contributed by atoms with Crippen molar-refractivity contribution in [2.75, 3.05) is 0 Å². The maximum atomic E-state index is 7.99. The zero-order valence-corrected chi connectivity index (χ0v) is 61.7. The zero-order valence-electron chi connectivity index (χ0n) is 61.7. The van der Waals surface area contributed by atoms with Crippen LogP contribution in [0.5, 0.6) is 0 Å². The molecule has 0 radical (unpaired) electrons. The summed E-state index contributed by atoms with van der Waals surface area (Å²) in [6.07, 6.45) is 0. The SMILES string of the molecule is C.C.C1#Cc2ccccc2C#Cc2ccccc21.C1#Cc2ccccc2C#Cc2ccccc21.[N-]=[N+]=NCc1ccccc1.c1ccc(Cn2nnc3c2-c2ccccc2-c2c(nnn2Cc2ccccc2)-c2ccccc2-3)cc1.c1ccc(Cn2nnc3c2-c2ccccc2-c2nnn(Cc4ccccc4)c2-c2ccccc2-3)cc1. The first-order valence-electron chi connectivity index (χ1n) is 37.3.